The molecule has 0 aromatic carbocycles. The second kappa shape index (κ2) is 13.8. The molecule has 0 fully saturated rings. The Morgan fingerprint density at radius 3 is 1.93 bits per heavy atom. The SMILES string of the molecule is CCSCCSCCSCC(CS)CS. The molecule has 0 heterocycles. The van der Waals surface area contributed by atoms with Gasteiger partial charge in [0.2, 0.25) is 0 Å². The summed E-state index contributed by atoms with van der Waals surface area (Å²) in [5.41, 5.74) is 0. The van der Waals surface area contributed by atoms with E-state index in [0.29, 0.717) is 5.92 Å². The highest BCUT2D eigenvalue weighted by Gasteiger charge is 2.03. The number of hydrogen-bond donors (Lipinski definition) is 2. The van der Waals surface area contributed by atoms with Crippen LogP contribution in [0.2, 0.25) is 0 Å². The summed E-state index contributed by atoms with van der Waals surface area (Å²) in [5, 5.41) is 0. The molecule has 0 bridgehead atoms. The third-order valence-corrected chi connectivity index (χ3v) is 6.45. The van der Waals surface area contributed by atoms with Crippen molar-refractivity contribution in [2.75, 3.05) is 46.0 Å². The lowest BCUT2D eigenvalue weighted by atomic mass is 10.3. The van der Waals surface area contributed by atoms with Gasteiger partial charge in [-0.25, -0.2) is 0 Å². The molecule has 0 rings (SSSR count). The molecule has 15 heavy (non-hydrogen) atoms. The molecule has 0 atom stereocenters. The topological polar surface area (TPSA) is 0 Å². The molecule has 0 aromatic heterocycles. The quantitative estimate of drug-likeness (QED) is 0.442. The zero-order valence-electron chi connectivity index (χ0n) is 9.35. The van der Waals surface area contributed by atoms with Gasteiger partial charge in [-0.05, 0) is 28.9 Å². The van der Waals surface area contributed by atoms with Crippen LogP contribution in [-0.4, -0.2) is 46.0 Å². The van der Waals surface area contributed by atoms with Gasteiger partial charge in [-0.15, -0.1) is 0 Å². The van der Waals surface area contributed by atoms with Gasteiger partial charge in [-0.2, -0.15) is 60.5 Å². The second-order valence-corrected chi connectivity index (χ2v) is 7.61. The molecule has 0 spiro atoms. The van der Waals surface area contributed by atoms with E-state index in [1.54, 1.807) is 0 Å². The fourth-order valence-corrected chi connectivity index (χ4v) is 5.08. The van der Waals surface area contributed by atoms with E-state index in [1.807, 2.05) is 23.5 Å². The lowest BCUT2D eigenvalue weighted by molar-refractivity contribution is 0.784. The standard InChI is InChI=1S/C10H22S5/c1-2-13-3-4-14-5-6-15-9-10(7-11)8-12/h10-12H,2-9H2,1H3. The van der Waals surface area contributed by atoms with Crippen LogP contribution >= 0.6 is 60.5 Å². The summed E-state index contributed by atoms with van der Waals surface area (Å²) in [6, 6.07) is 0. The van der Waals surface area contributed by atoms with Crippen LogP contribution in [0.15, 0.2) is 0 Å². The minimum Gasteiger partial charge on any atom is -0.179 e. The lowest BCUT2D eigenvalue weighted by Crippen LogP contribution is -2.08. The smallest absolute Gasteiger partial charge is 0.00238 e. The molecular weight excluding hydrogens is 280 g/mol. The van der Waals surface area contributed by atoms with E-state index in [1.165, 1.54) is 34.5 Å². The number of thioether (sulfide) groups is 3. The zero-order chi connectivity index (χ0) is 11.4. The van der Waals surface area contributed by atoms with E-state index in [9.17, 15) is 0 Å². The molecule has 0 N–H and O–H groups in total. The maximum Gasteiger partial charge on any atom is 0.00238 e. The molecule has 0 amide bonds. The fraction of sp³-hybridized carbons (Fsp3) is 1.00. The molecule has 0 aliphatic heterocycles. The van der Waals surface area contributed by atoms with Crippen molar-refractivity contribution in [2.45, 2.75) is 6.92 Å². The van der Waals surface area contributed by atoms with Crippen LogP contribution in [0.1, 0.15) is 6.92 Å². The third-order valence-electron chi connectivity index (χ3n) is 1.82. The van der Waals surface area contributed by atoms with Gasteiger partial charge in [0.05, 0.1) is 0 Å². The first-order valence-electron chi connectivity index (χ1n) is 5.30. The van der Waals surface area contributed by atoms with Gasteiger partial charge in [0.25, 0.3) is 0 Å². The number of rotatable bonds is 11. The molecule has 0 saturated carbocycles. The molecule has 0 aliphatic rings. The molecule has 0 saturated heterocycles. The van der Waals surface area contributed by atoms with Gasteiger partial charge in [0, 0.05) is 23.0 Å². The summed E-state index contributed by atoms with van der Waals surface area (Å²) in [6.45, 7) is 2.22. The average Bonchev–Trinajstić information content (AvgIpc) is 2.27. The molecule has 0 radical (unpaired) electrons. The first-order valence-corrected chi connectivity index (χ1v) is 10.0. The summed E-state index contributed by atoms with van der Waals surface area (Å²) in [5.74, 6) is 10.3. The van der Waals surface area contributed by atoms with Crippen LogP contribution in [-0.2, 0) is 0 Å². The van der Waals surface area contributed by atoms with Gasteiger partial charge >= 0.3 is 0 Å². The summed E-state index contributed by atoms with van der Waals surface area (Å²) in [6.07, 6.45) is 0. The molecule has 0 unspecified atom stereocenters. The molecule has 0 nitrogen and oxygen atoms in total. The van der Waals surface area contributed by atoms with Crippen molar-refractivity contribution >= 4 is 60.5 Å². The molecule has 5 heteroatoms. The Bertz CT molecular complexity index is 116. The van der Waals surface area contributed by atoms with E-state index < -0.39 is 0 Å². The Morgan fingerprint density at radius 1 is 0.867 bits per heavy atom. The van der Waals surface area contributed by atoms with Gasteiger partial charge in [0.1, 0.15) is 0 Å². The highest BCUT2D eigenvalue weighted by Crippen LogP contribution is 2.14. The first kappa shape index (κ1) is 16.8. The molecule has 0 aromatic rings. The van der Waals surface area contributed by atoms with Crippen molar-refractivity contribution in [3.63, 3.8) is 0 Å². The summed E-state index contributed by atoms with van der Waals surface area (Å²) in [4.78, 5) is 0. The number of hydrogen-bond acceptors (Lipinski definition) is 5. The minimum atomic E-state index is 0.683. The Hall–Kier alpha value is 1.75. The maximum absolute atomic E-state index is 4.31. The molecule has 0 aliphatic carbocycles. The van der Waals surface area contributed by atoms with Crippen molar-refractivity contribution in [1.29, 1.82) is 0 Å². The largest absolute Gasteiger partial charge is 0.179 e. The van der Waals surface area contributed by atoms with E-state index in [-0.39, 0.29) is 0 Å². The van der Waals surface area contributed by atoms with Gasteiger partial charge < -0.3 is 0 Å². The minimum absolute atomic E-state index is 0.683. The van der Waals surface area contributed by atoms with Crippen molar-refractivity contribution in [1.82, 2.24) is 0 Å². The Kier molecular flexibility index (Phi) is 15.4. The monoisotopic (exact) mass is 302 g/mol. The zero-order valence-corrected chi connectivity index (χ0v) is 13.6. The van der Waals surface area contributed by atoms with Gasteiger partial charge in [-0.1, -0.05) is 6.92 Å². The van der Waals surface area contributed by atoms with Crippen LogP contribution in [0.25, 0.3) is 0 Å². The summed E-state index contributed by atoms with van der Waals surface area (Å²) in [7, 11) is 0. The summed E-state index contributed by atoms with van der Waals surface area (Å²) < 4.78 is 0. The van der Waals surface area contributed by atoms with Crippen LogP contribution in [0.4, 0.5) is 0 Å². The molecule has 92 valence electrons. The normalized spacial score (nSPS) is 11.2. The van der Waals surface area contributed by atoms with E-state index in [4.69, 9.17) is 0 Å². The van der Waals surface area contributed by atoms with Crippen molar-refractivity contribution in [3.05, 3.63) is 0 Å². The lowest BCUT2D eigenvalue weighted by Gasteiger charge is -2.10. The van der Waals surface area contributed by atoms with Crippen LogP contribution in [0.5, 0.6) is 0 Å². The third kappa shape index (κ3) is 12.0. The predicted octanol–water partition coefficient (Wildman–Crippen LogP) is 3.68. The Labute approximate surface area is 119 Å². The van der Waals surface area contributed by atoms with Crippen LogP contribution in [0, 0.1) is 5.92 Å². The maximum atomic E-state index is 4.31. The van der Waals surface area contributed by atoms with Gasteiger partial charge in [-0.3, -0.25) is 0 Å². The van der Waals surface area contributed by atoms with Crippen molar-refractivity contribution in [3.8, 4) is 0 Å². The van der Waals surface area contributed by atoms with E-state index in [2.05, 4.69) is 43.9 Å². The second-order valence-electron chi connectivity index (χ2n) is 3.12. The summed E-state index contributed by atoms with van der Waals surface area (Å²) >= 11 is 14.8. The van der Waals surface area contributed by atoms with Crippen LogP contribution < -0.4 is 0 Å². The fourth-order valence-electron chi connectivity index (χ4n) is 0.895. The number of thiol groups is 2. The van der Waals surface area contributed by atoms with Crippen molar-refractivity contribution < 1.29 is 0 Å². The first-order chi connectivity index (χ1) is 7.35. The Morgan fingerprint density at radius 2 is 1.40 bits per heavy atom. The van der Waals surface area contributed by atoms with Crippen LogP contribution in [0.3, 0.4) is 0 Å². The average molecular weight is 303 g/mol. The highest BCUT2D eigenvalue weighted by atomic mass is 32.2. The predicted molar refractivity (Wildman–Crippen MR) is 88.8 cm³/mol. The van der Waals surface area contributed by atoms with Crippen molar-refractivity contribution in [2.24, 2.45) is 5.92 Å². The van der Waals surface area contributed by atoms with Gasteiger partial charge in [0.15, 0.2) is 0 Å². The highest BCUT2D eigenvalue weighted by molar-refractivity contribution is 8.04. The van der Waals surface area contributed by atoms with E-state index in [0.717, 1.165) is 11.5 Å². The molecular formula is C10H22S5. The Balaban J connectivity index is 3.04. The van der Waals surface area contributed by atoms with E-state index >= 15 is 0 Å².